The van der Waals surface area contributed by atoms with Crippen molar-refractivity contribution in [1.82, 2.24) is 9.97 Å². The van der Waals surface area contributed by atoms with Crippen LogP contribution in [0.5, 0.6) is 0 Å². The number of aromatic nitrogens is 2. The Morgan fingerprint density at radius 3 is 2.58 bits per heavy atom. The quantitative estimate of drug-likeness (QED) is 0.451. The minimum absolute atomic E-state index is 0.551. The van der Waals surface area contributed by atoms with Gasteiger partial charge in [-0.1, -0.05) is 13.8 Å². The molecule has 0 aliphatic heterocycles. The summed E-state index contributed by atoms with van der Waals surface area (Å²) < 4.78 is 0. The van der Waals surface area contributed by atoms with Crippen molar-refractivity contribution in [1.29, 1.82) is 0 Å². The van der Waals surface area contributed by atoms with Crippen LogP contribution in [0.2, 0.25) is 0 Å². The van der Waals surface area contributed by atoms with Crippen molar-refractivity contribution < 1.29 is 0 Å². The van der Waals surface area contributed by atoms with E-state index in [4.69, 9.17) is 5.84 Å². The van der Waals surface area contributed by atoms with Crippen LogP contribution < -0.4 is 16.6 Å². The summed E-state index contributed by atoms with van der Waals surface area (Å²) in [6, 6.07) is 1.68. The average molecular weight is 169 g/mol. The first-order valence-electron chi connectivity index (χ1n) is 3.84. The van der Waals surface area contributed by atoms with Gasteiger partial charge in [0.05, 0.1) is 0 Å². The van der Waals surface area contributed by atoms with Gasteiger partial charge in [0.15, 0.2) is 0 Å². The van der Waals surface area contributed by atoms with Crippen LogP contribution in [0.1, 0.15) is 13.8 Å². The predicted molar refractivity (Wildman–Crippen MR) is 50.7 cm³/mol. The summed E-state index contributed by atoms with van der Waals surface area (Å²) in [6.45, 7) is 4.00. The Balaban J connectivity index is 0.000000561. The van der Waals surface area contributed by atoms with E-state index in [1.54, 1.807) is 19.3 Å². The van der Waals surface area contributed by atoms with Gasteiger partial charge in [-0.05, 0) is 0 Å². The highest BCUT2D eigenvalue weighted by atomic mass is 15.3. The molecule has 0 aliphatic rings. The zero-order valence-electron chi connectivity index (χ0n) is 7.63. The van der Waals surface area contributed by atoms with Crippen LogP contribution in [0.4, 0.5) is 11.8 Å². The van der Waals surface area contributed by atoms with E-state index >= 15 is 0 Å². The summed E-state index contributed by atoms with van der Waals surface area (Å²) in [4.78, 5) is 7.84. The van der Waals surface area contributed by atoms with E-state index in [1.807, 2.05) is 13.8 Å². The van der Waals surface area contributed by atoms with Crippen molar-refractivity contribution >= 4 is 11.8 Å². The molecule has 0 radical (unpaired) electrons. The Bertz CT molecular complexity index is 193. The Morgan fingerprint density at radius 2 is 2.08 bits per heavy atom. The Labute approximate surface area is 72.4 Å². The maximum absolute atomic E-state index is 5.11. The average Bonchev–Trinajstić information content (AvgIpc) is 2.21. The van der Waals surface area contributed by atoms with Crippen molar-refractivity contribution in [3.63, 3.8) is 0 Å². The second kappa shape index (κ2) is 6.36. The molecule has 4 N–H and O–H groups in total. The van der Waals surface area contributed by atoms with Crippen molar-refractivity contribution in [2.75, 3.05) is 17.8 Å². The summed E-state index contributed by atoms with van der Waals surface area (Å²) >= 11 is 0. The fourth-order valence-electron chi connectivity index (χ4n) is 0.560. The van der Waals surface area contributed by atoms with Gasteiger partial charge in [0.1, 0.15) is 5.82 Å². The number of hydrazine groups is 1. The van der Waals surface area contributed by atoms with Crippen molar-refractivity contribution in [2.24, 2.45) is 5.84 Å². The minimum Gasteiger partial charge on any atom is -0.357 e. The van der Waals surface area contributed by atoms with Gasteiger partial charge < -0.3 is 10.7 Å². The molecule has 0 fully saturated rings. The van der Waals surface area contributed by atoms with Crippen LogP contribution >= 0.6 is 0 Å². The summed E-state index contributed by atoms with van der Waals surface area (Å²) in [5.74, 6) is 6.25. The molecule has 0 saturated heterocycles. The molecule has 0 atom stereocenters. The predicted octanol–water partition coefficient (Wildman–Crippen LogP) is 0.830. The second-order valence-electron chi connectivity index (χ2n) is 1.66. The molecular formula is C7H15N5. The van der Waals surface area contributed by atoms with Gasteiger partial charge in [-0.25, -0.2) is 10.8 Å². The number of rotatable bonds is 2. The standard InChI is InChI=1S/C5H9N5.C2H6/c1-7-5-8-3-2-4(9-5)10-6;1-2/h2-3H,6H2,1H3,(H2,7,8,9,10);1-2H3. The SMILES string of the molecule is CC.CNc1nccc(NN)n1. The molecule has 0 aliphatic carbocycles. The van der Waals surface area contributed by atoms with Crippen LogP contribution in [0.25, 0.3) is 0 Å². The third-order valence-corrected chi connectivity index (χ3v) is 1.03. The zero-order chi connectivity index (χ0) is 9.40. The topological polar surface area (TPSA) is 75.9 Å². The number of hydrogen-bond acceptors (Lipinski definition) is 5. The van der Waals surface area contributed by atoms with Gasteiger partial charge in [-0.2, -0.15) is 4.98 Å². The molecule has 5 nitrogen and oxygen atoms in total. The first-order chi connectivity index (χ1) is 5.86. The number of nitrogens with one attached hydrogen (secondary N) is 2. The summed E-state index contributed by atoms with van der Waals surface area (Å²) in [7, 11) is 1.75. The molecule has 0 amide bonds. The molecule has 0 unspecified atom stereocenters. The van der Waals surface area contributed by atoms with Crippen LogP contribution in [-0.4, -0.2) is 17.0 Å². The lowest BCUT2D eigenvalue weighted by Crippen LogP contribution is -2.09. The van der Waals surface area contributed by atoms with Crippen LogP contribution in [0.15, 0.2) is 12.3 Å². The van der Waals surface area contributed by atoms with E-state index < -0.39 is 0 Å². The molecule has 0 spiro atoms. The third kappa shape index (κ3) is 3.16. The maximum atomic E-state index is 5.11. The molecule has 1 aromatic rings. The molecule has 1 aromatic heterocycles. The first-order valence-corrected chi connectivity index (χ1v) is 3.84. The number of nitrogens with two attached hydrogens (primary N) is 1. The fraction of sp³-hybridized carbons (Fsp3) is 0.429. The van der Waals surface area contributed by atoms with Gasteiger partial charge in [0, 0.05) is 19.3 Å². The minimum atomic E-state index is 0.551. The lowest BCUT2D eigenvalue weighted by molar-refractivity contribution is 1.13. The molecular weight excluding hydrogens is 154 g/mol. The van der Waals surface area contributed by atoms with Crippen LogP contribution in [0.3, 0.4) is 0 Å². The molecule has 0 bridgehead atoms. The molecule has 1 rings (SSSR count). The number of anilines is 2. The lowest BCUT2D eigenvalue weighted by atomic mass is 10.6. The number of hydrogen-bond donors (Lipinski definition) is 3. The van der Waals surface area contributed by atoms with Gasteiger partial charge >= 0.3 is 0 Å². The van der Waals surface area contributed by atoms with E-state index in [2.05, 4.69) is 20.7 Å². The summed E-state index contributed by atoms with van der Waals surface area (Å²) in [6.07, 6.45) is 1.62. The highest BCUT2D eigenvalue weighted by Crippen LogP contribution is 2.01. The van der Waals surface area contributed by atoms with Crippen molar-refractivity contribution in [3.05, 3.63) is 12.3 Å². The summed E-state index contributed by atoms with van der Waals surface area (Å²) in [5, 5.41) is 2.78. The first kappa shape index (κ1) is 10.6. The summed E-state index contributed by atoms with van der Waals surface area (Å²) in [5.41, 5.74) is 2.41. The van der Waals surface area contributed by atoms with E-state index in [0.29, 0.717) is 11.8 Å². The Morgan fingerprint density at radius 1 is 1.42 bits per heavy atom. The lowest BCUT2D eigenvalue weighted by Gasteiger charge is -1.99. The van der Waals surface area contributed by atoms with Crippen molar-refractivity contribution in [3.8, 4) is 0 Å². The molecule has 12 heavy (non-hydrogen) atoms. The number of nitrogen functional groups attached to an aromatic ring is 1. The third-order valence-electron chi connectivity index (χ3n) is 1.03. The number of nitrogens with zero attached hydrogens (tertiary/aromatic N) is 2. The largest absolute Gasteiger partial charge is 0.357 e. The highest BCUT2D eigenvalue weighted by Gasteiger charge is 1.91. The van der Waals surface area contributed by atoms with E-state index in [9.17, 15) is 0 Å². The Kier molecular flexibility index (Phi) is 5.64. The molecule has 1 heterocycles. The van der Waals surface area contributed by atoms with Gasteiger partial charge in [0.25, 0.3) is 0 Å². The molecule has 5 heteroatoms. The normalized spacial score (nSPS) is 8.00. The Hall–Kier alpha value is -1.36. The van der Waals surface area contributed by atoms with Gasteiger partial charge in [-0.15, -0.1) is 0 Å². The zero-order valence-corrected chi connectivity index (χ0v) is 7.63. The fourth-order valence-corrected chi connectivity index (χ4v) is 0.560. The second-order valence-corrected chi connectivity index (χ2v) is 1.66. The van der Waals surface area contributed by atoms with Gasteiger partial charge in [0.2, 0.25) is 5.95 Å². The van der Waals surface area contributed by atoms with Crippen LogP contribution in [0, 0.1) is 0 Å². The molecule has 0 saturated carbocycles. The monoisotopic (exact) mass is 169 g/mol. The van der Waals surface area contributed by atoms with E-state index in [-0.39, 0.29) is 0 Å². The van der Waals surface area contributed by atoms with Crippen LogP contribution in [-0.2, 0) is 0 Å². The van der Waals surface area contributed by atoms with Gasteiger partial charge in [-0.3, -0.25) is 0 Å². The van der Waals surface area contributed by atoms with E-state index in [0.717, 1.165) is 0 Å². The maximum Gasteiger partial charge on any atom is 0.224 e. The smallest absolute Gasteiger partial charge is 0.224 e. The highest BCUT2D eigenvalue weighted by molar-refractivity contribution is 5.37. The van der Waals surface area contributed by atoms with E-state index in [1.165, 1.54) is 0 Å². The molecule has 0 aromatic carbocycles. The van der Waals surface area contributed by atoms with Crippen molar-refractivity contribution in [2.45, 2.75) is 13.8 Å². The molecule has 68 valence electrons.